The molecule has 33 heavy (non-hydrogen) atoms. The van der Waals surface area contributed by atoms with E-state index in [9.17, 15) is 9.59 Å². The standard InChI is InChI=1S/C25H26N4O4/c1-6-32-25(31)18(5)33-21-8-7-13-28-23(21)26-17(4)22(24(28)30)20-14-16(3)29(27-20)19-11-9-15(2)10-12-19/h7-14,18H,6H2,1-5H3/t18-/m1/s1. The number of esters is 1. The van der Waals surface area contributed by atoms with E-state index >= 15 is 0 Å². The van der Waals surface area contributed by atoms with E-state index in [1.165, 1.54) is 4.40 Å². The van der Waals surface area contributed by atoms with Gasteiger partial charge in [-0.2, -0.15) is 5.10 Å². The Morgan fingerprint density at radius 1 is 1.12 bits per heavy atom. The van der Waals surface area contributed by atoms with Crippen molar-refractivity contribution >= 4 is 11.6 Å². The molecule has 1 aromatic carbocycles. The van der Waals surface area contributed by atoms with Gasteiger partial charge < -0.3 is 9.47 Å². The molecular weight excluding hydrogens is 420 g/mol. The number of ether oxygens (including phenoxy) is 2. The van der Waals surface area contributed by atoms with E-state index in [2.05, 4.69) is 4.98 Å². The highest BCUT2D eigenvalue weighted by Crippen LogP contribution is 2.24. The molecule has 0 bridgehead atoms. The smallest absolute Gasteiger partial charge is 0.347 e. The number of fused-ring (bicyclic) bond motifs is 1. The van der Waals surface area contributed by atoms with Gasteiger partial charge in [-0.15, -0.1) is 0 Å². The normalized spacial score (nSPS) is 12.0. The molecule has 0 aliphatic rings. The van der Waals surface area contributed by atoms with Crippen LogP contribution in [0.25, 0.3) is 22.6 Å². The molecule has 0 aliphatic heterocycles. The number of hydrogen-bond acceptors (Lipinski definition) is 6. The average Bonchev–Trinajstić information content (AvgIpc) is 3.16. The third kappa shape index (κ3) is 4.24. The van der Waals surface area contributed by atoms with E-state index in [1.54, 1.807) is 39.1 Å². The van der Waals surface area contributed by atoms with Gasteiger partial charge in [0.15, 0.2) is 17.5 Å². The van der Waals surface area contributed by atoms with Crippen molar-refractivity contribution in [2.24, 2.45) is 0 Å². The van der Waals surface area contributed by atoms with Crippen molar-refractivity contribution in [1.82, 2.24) is 19.2 Å². The summed E-state index contributed by atoms with van der Waals surface area (Å²) in [4.78, 5) is 30.1. The summed E-state index contributed by atoms with van der Waals surface area (Å²) >= 11 is 0. The zero-order valence-electron chi connectivity index (χ0n) is 19.3. The number of pyridine rings is 1. The fourth-order valence-corrected chi connectivity index (χ4v) is 3.67. The van der Waals surface area contributed by atoms with Crippen LogP contribution < -0.4 is 10.3 Å². The molecule has 8 nitrogen and oxygen atoms in total. The average molecular weight is 447 g/mol. The van der Waals surface area contributed by atoms with E-state index in [1.807, 2.05) is 48.9 Å². The van der Waals surface area contributed by atoms with Crippen LogP contribution in [0.4, 0.5) is 0 Å². The molecule has 4 rings (SSSR count). The van der Waals surface area contributed by atoms with Crippen molar-refractivity contribution in [1.29, 1.82) is 0 Å². The van der Waals surface area contributed by atoms with Gasteiger partial charge in [0, 0.05) is 11.9 Å². The minimum atomic E-state index is -0.833. The van der Waals surface area contributed by atoms with Crippen LogP contribution >= 0.6 is 0 Å². The minimum Gasteiger partial charge on any atom is -0.475 e. The number of nitrogens with zero attached hydrogens (tertiary/aromatic N) is 4. The molecule has 0 radical (unpaired) electrons. The molecule has 8 heteroatoms. The summed E-state index contributed by atoms with van der Waals surface area (Å²) in [6.45, 7) is 9.33. The lowest BCUT2D eigenvalue weighted by Gasteiger charge is -2.15. The highest BCUT2D eigenvalue weighted by molar-refractivity contribution is 5.75. The topological polar surface area (TPSA) is 87.7 Å². The Balaban J connectivity index is 1.78. The van der Waals surface area contributed by atoms with Gasteiger partial charge in [-0.3, -0.25) is 9.20 Å². The molecule has 0 N–H and O–H groups in total. The van der Waals surface area contributed by atoms with Gasteiger partial charge in [0.05, 0.1) is 23.6 Å². The van der Waals surface area contributed by atoms with Gasteiger partial charge in [-0.25, -0.2) is 14.5 Å². The summed E-state index contributed by atoms with van der Waals surface area (Å²) in [5.41, 5.74) is 4.52. The number of benzene rings is 1. The molecule has 0 amide bonds. The van der Waals surface area contributed by atoms with Gasteiger partial charge in [0.1, 0.15) is 5.69 Å². The van der Waals surface area contributed by atoms with Crippen molar-refractivity contribution in [2.45, 2.75) is 40.7 Å². The molecule has 0 unspecified atom stereocenters. The van der Waals surface area contributed by atoms with Crippen LogP contribution in [0.5, 0.6) is 5.75 Å². The van der Waals surface area contributed by atoms with Gasteiger partial charge >= 0.3 is 5.97 Å². The largest absolute Gasteiger partial charge is 0.475 e. The van der Waals surface area contributed by atoms with Gasteiger partial charge in [-0.05, 0) is 65.0 Å². The van der Waals surface area contributed by atoms with Gasteiger partial charge in [0.2, 0.25) is 0 Å². The molecule has 0 aliphatic carbocycles. The van der Waals surface area contributed by atoms with E-state index < -0.39 is 12.1 Å². The highest BCUT2D eigenvalue weighted by Gasteiger charge is 2.21. The van der Waals surface area contributed by atoms with Gasteiger partial charge in [0.25, 0.3) is 5.56 Å². The van der Waals surface area contributed by atoms with Crippen LogP contribution in [0.15, 0.2) is 53.5 Å². The Hall–Kier alpha value is -3.94. The number of carbonyl (C=O) groups excluding carboxylic acids is 1. The first kappa shape index (κ1) is 22.3. The Bertz CT molecular complexity index is 1390. The third-order valence-corrected chi connectivity index (χ3v) is 5.34. The first-order valence-electron chi connectivity index (χ1n) is 10.8. The fraction of sp³-hybridized carbons (Fsp3) is 0.280. The third-order valence-electron chi connectivity index (χ3n) is 5.34. The number of rotatable bonds is 6. The molecule has 4 aromatic rings. The predicted octanol–water partition coefficient (Wildman–Crippen LogP) is 3.80. The second-order valence-corrected chi connectivity index (χ2v) is 7.87. The minimum absolute atomic E-state index is 0.261. The summed E-state index contributed by atoms with van der Waals surface area (Å²) in [6, 6.07) is 13.3. The zero-order valence-corrected chi connectivity index (χ0v) is 19.3. The quantitative estimate of drug-likeness (QED) is 0.419. The molecule has 3 aromatic heterocycles. The monoisotopic (exact) mass is 446 g/mol. The van der Waals surface area contributed by atoms with Crippen molar-refractivity contribution < 1.29 is 14.3 Å². The van der Waals surface area contributed by atoms with Crippen molar-refractivity contribution in [2.75, 3.05) is 6.61 Å². The second-order valence-electron chi connectivity index (χ2n) is 7.87. The van der Waals surface area contributed by atoms with Crippen LogP contribution in [0.3, 0.4) is 0 Å². The Morgan fingerprint density at radius 2 is 1.85 bits per heavy atom. The molecule has 1 atom stereocenters. The summed E-state index contributed by atoms with van der Waals surface area (Å²) in [5, 5.41) is 4.69. The number of hydrogen-bond donors (Lipinski definition) is 0. The van der Waals surface area contributed by atoms with E-state index in [0.29, 0.717) is 28.3 Å². The summed E-state index contributed by atoms with van der Waals surface area (Å²) in [5.74, 6) is -0.154. The lowest BCUT2D eigenvalue weighted by molar-refractivity contribution is -0.150. The first-order chi connectivity index (χ1) is 15.8. The SMILES string of the molecule is CCOC(=O)[C@@H](C)Oc1cccn2c(=O)c(-c3cc(C)n(-c4ccc(C)cc4)n3)c(C)nc12. The molecule has 170 valence electrons. The maximum absolute atomic E-state index is 13.5. The Kier molecular flexibility index (Phi) is 6.00. The molecule has 0 saturated heterocycles. The Morgan fingerprint density at radius 3 is 2.55 bits per heavy atom. The van der Waals surface area contributed by atoms with Crippen molar-refractivity contribution in [3.05, 3.63) is 76.0 Å². The molecular formula is C25H26N4O4. The van der Waals surface area contributed by atoms with Crippen molar-refractivity contribution in [3.8, 4) is 22.7 Å². The number of aromatic nitrogens is 4. The predicted molar refractivity (Wildman–Crippen MR) is 125 cm³/mol. The van der Waals surface area contributed by atoms with E-state index in [0.717, 1.165) is 16.9 Å². The van der Waals surface area contributed by atoms with Gasteiger partial charge in [-0.1, -0.05) is 17.7 Å². The highest BCUT2D eigenvalue weighted by atomic mass is 16.6. The Labute approximate surface area is 191 Å². The first-order valence-corrected chi connectivity index (χ1v) is 10.8. The van der Waals surface area contributed by atoms with E-state index in [4.69, 9.17) is 14.6 Å². The van der Waals surface area contributed by atoms with Crippen LogP contribution in [0.1, 0.15) is 30.8 Å². The van der Waals surface area contributed by atoms with E-state index in [-0.39, 0.29) is 12.2 Å². The maximum atomic E-state index is 13.5. The summed E-state index contributed by atoms with van der Waals surface area (Å²) in [6.07, 6.45) is 0.792. The van der Waals surface area contributed by atoms with Crippen LogP contribution in [-0.2, 0) is 9.53 Å². The zero-order chi connectivity index (χ0) is 23.7. The lowest BCUT2D eigenvalue weighted by atomic mass is 10.1. The second kappa shape index (κ2) is 8.90. The van der Waals surface area contributed by atoms with Crippen LogP contribution in [0, 0.1) is 20.8 Å². The fourth-order valence-electron chi connectivity index (χ4n) is 3.67. The van der Waals surface area contributed by atoms with Crippen LogP contribution in [-0.4, -0.2) is 37.8 Å². The number of carbonyl (C=O) groups is 1. The number of aryl methyl sites for hydroxylation is 3. The van der Waals surface area contributed by atoms with Crippen LogP contribution in [0.2, 0.25) is 0 Å². The molecule has 3 heterocycles. The maximum Gasteiger partial charge on any atom is 0.347 e. The lowest BCUT2D eigenvalue weighted by Crippen LogP contribution is -2.27. The molecule has 0 saturated carbocycles. The molecule has 0 fully saturated rings. The van der Waals surface area contributed by atoms with Crippen molar-refractivity contribution in [3.63, 3.8) is 0 Å². The summed E-state index contributed by atoms with van der Waals surface area (Å²) in [7, 11) is 0. The summed E-state index contributed by atoms with van der Waals surface area (Å²) < 4.78 is 14.0. The molecule has 0 spiro atoms.